The number of aromatic nitrogens is 1. The number of rotatable bonds is 5. The maximum Gasteiger partial charge on any atom is 0.220 e. The van der Waals surface area contributed by atoms with Crippen LogP contribution >= 0.6 is 23.1 Å². The standard InChI is InChI=1S/C9H10N2OS2/c1-4-7(2)11(6-12)9-10-8(13-3)5-14-9/h4-6H,1-2H2,3H3. The number of anilines is 1. The Morgan fingerprint density at radius 2 is 2.50 bits per heavy atom. The molecule has 0 aliphatic carbocycles. The molecule has 0 aliphatic rings. The van der Waals surface area contributed by atoms with E-state index in [1.165, 1.54) is 34.1 Å². The Morgan fingerprint density at radius 1 is 1.79 bits per heavy atom. The van der Waals surface area contributed by atoms with E-state index >= 15 is 0 Å². The predicted octanol–water partition coefficient (Wildman–Crippen LogP) is 2.53. The van der Waals surface area contributed by atoms with Gasteiger partial charge >= 0.3 is 0 Å². The molecule has 0 bridgehead atoms. The zero-order valence-electron chi connectivity index (χ0n) is 7.77. The van der Waals surface area contributed by atoms with Crippen LogP contribution in [-0.2, 0) is 4.79 Å². The summed E-state index contributed by atoms with van der Waals surface area (Å²) in [6.07, 6.45) is 4.15. The van der Waals surface area contributed by atoms with Gasteiger partial charge in [0.05, 0.1) is 0 Å². The van der Waals surface area contributed by atoms with E-state index in [0.717, 1.165) is 5.03 Å². The largest absolute Gasteiger partial charge is 0.278 e. The first-order valence-electron chi connectivity index (χ1n) is 3.78. The summed E-state index contributed by atoms with van der Waals surface area (Å²) in [7, 11) is 0. The van der Waals surface area contributed by atoms with Gasteiger partial charge in [0.2, 0.25) is 6.41 Å². The number of allylic oxidation sites excluding steroid dienone is 1. The first-order valence-corrected chi connectivity index (χ1v) is 5.88. The van der Waals surface area contributed by atoms with Crippen LogP contribution in [0.5, 0.6) is 0 Å². The second kappa shape index (κ2) is 4.97. The number of amides is 1. The van der Waals surface area contributed by atoms with Gasteiger partial charge in [0.25, 0.3) is 0 Å². The number of carbonyl (C=O) groups excluding carboxylic acids is 1. The van der Waals surface area contributed by atoms with Crippen LogP contribution in [0, 0.1) is 0 Å². The molecule has 3 nitrogen and oxygen atoms in total. The fourth-order valence-electron chi connectivity index (χ4n) is 0.788. The van der Waals surface area contributed by atoms with Gasteiger partial charge in [0.1, 0.15) is 5.03 Å². The molecule has 0 saturated carbocycles. The van der Waals surface area contributed by atoms with Gasteiger partial charge in [-0.25, -0.2) is 4.98 Å². The summed E-state index contributed by atoms with van der Waals surface area (Å²) in [5.41, 5.74) is 0.530. The van der Waals surface area contributed by atoms with Gasteiger partial charge in [-0.15, -0.1) is 23.1 Å². The zero-order valence-corrected chi connectivity index (χ0v) is 9.40. The normalized spacial score (nSPS) is 9.50. The maximum absolute atomic E-state index is 10.8. The lowest BCUT2D eigenvalue weighted by atomic mass is 10.4. The Bertz CT molecular complexity index is 359. The summed E-state index contributed by atoms with van der Waals surface area (Å²) in [4.78, 5) is 16.4. The summed E-state index contributed by atoms with van der Waals surface area (Å²) in [5.74, 6) is 0. The van der Waals surface area contributed by atoms with Crippen molar-refractivity contribution in [2.45, 2.75) is 5.03 Å². The molecule has 14 heavy (non-hydrogen) atoms. The molecule has 0 fully saturated rings. The third kappa shape index (κ3) is 2.24. The van der Waals surface area contributed by atoms with Crippen molar-refractivity contribution in [3.05, 3.63) is 30.3 Å². The average molecular weight is 226 g/mol. The highest BCUT2D eigenvalue weighted by Gasteiger charge is 2.10. The lowest BCUT2D eigenvalue weighted by molar-refractivity contribution is -0.107. The number of thioether (sulfide) groups is 1. The van der Waals surface area contributed by atoms with E-state index in [4.69, 9.17) is 0 Å². The van der Waals surface area contributed by atoms with Crippen LogP contribution in [0.3, 0.4) is 0 Å². The van der Waals surface area contributed by atoms with Crippen molar-refractivity contribution in [3.8, 4) is 0 Å². The first-order chi connectivity index (χ1) is 6.72. The van der Waals surface area contributed by atoms with Crippen LogP contribution in [-0.4, -0.2) is 17.6 Å². The van der Waals surface area contributed by atoms with Gasteiger partial charge < -0.3 is 0 Å². The Hall–Kier alpha value is -1.07. The highest BCUT2D eigenvalue weighted by Crippen LogP contribution is 2.26. The molecular weight excluding hydrogens is 216 g/mol. The van der Waals surface area contributed by atoms with E-state index in [9.17, 15) is 4.79 Å². The van der Waals surface area contributed by atoms with Gasteiger partial charge in [0.15, 0.2) is 5.13 Å². The molecule has 74 valence electrons. The molecule has 1 rings (SSSR count). The fourth-order valence-corrected chi connectivity index (χ4v) is 2.24. The van der Waals surface area contributed by atoms with Crippen LogP contribution in [0.1, 0.15) is 0 Å². The van der Waals surface area contributed by atoms with Crippen LogP contribution in [0.4, 0.5) is 5.13 Å². The van der Waals surface area contributed by atoms with Gasteiger partial charge in [-0.3, -0.25) is 9.69 Å². The Kier molecular flexibility index (Phi) is 3.91. The SMILES string of the molecule is C=CC(=C)N(C=O)c1nc(SC)cs1. The summed E-state index contributed by atoms with van der Waals surface area (Å²) in [6, 6.07) is 0. The summed E-state index contributed by atoms with van der Waals surface area (Å²) < 4.78 is 0. The maximum atomic E-state index is 10.8. The molecule has 0 N–H and O–H groups in total. The second-order valence-electron chi connectivity index (χ2n) is 2.34. The minimum absolute atomic E-state index is 0.530. The monoisotopic (exact) mass is 226 g/mol. The number of carbonyl (C=O) groups is 1. The third-order valence-electron chi connectivity index (χ3n) is 1.54. The van der Waals surface area contributed by atoms with E-state index in [1.54, 1.807) is 0 Å². The average Bonchev–Trinajstić information content (AvgIpc) is 2.67. The second-order valence-corrected chi connectivity index (χ2v) is 4.01. The smallest absolute Gasteiger partial charge is 0.220 e. The lowest BCUT2D eigenvalue weighted by Gasteiger charge is -2.12. The molecular formula is C9H10N2OS2. The molecule has 5 heteroatoms. The Morgan fingerprint density at radius 3 is 2.93 bits per heavy atom. The summed E-state index contributed by atoms with van der Waals surface area (Å²) in [6.45, 7) is 7.25. The molecule has 0 atom stereocenters. The first kappa shape index (κ1) is 11.0. The molecule has 0 radical (unpaired) electrons. The van der Waals surface area contributed by atoms with Crippen molar-refractivity contribution in [2.75, 3.05) is 11.2 Å². The summed E-state index contributed by atoms with van der Waals surface area (Å²) >= 11 is 2.94. The van der Waals surface area contributed by atoms with Gasteiger partial charge in [-0.2, -0.15) is 0 Å². The predicted molar refractivity (Wildman–Crippen MR) is 61.8 cm³/mol. The molecule has 0 spiro atoms. The Labute approximate surface area is 91.1 Å². The zero-order chi connectivity index (χ0) is 10.6. The van der Waals surface area contributed by atoms with Gasteiger partial charge in [0, 0.05) is 11.1 Å². The third-order valence-corrected chi connectivity index (χ3v) is 3.15. The van der Waals surface area contributed by atoms with Gasteiger partial charge in [-0.1, -0.05) is 13.2 Å². The molecule has 0 unspecified atom stereocenters. The highest BCUT2D eigenvalue weighted by molar-refractivity contribution is 7.98. The van der Waals surface area contributed by atoms with Crippen molar-refractivity contribution in [1.82, 2.24) is 4.98 Å². The van der Waals surface area contributed by atoms with Crippen molar-refractivity contribution in [2.24, 2.45) is 0 Å². The molecule has 1 heterocycles. The molecule has 1 aromatic rings. The van der Waals surface area contributed by atoms with Crippen molar-refractivity contribution in [3.63, 3.8) is 0 Å². The quantitative estimate of drug-likeness (QED) is 0.439. The van der Waals surface area contributed by atoms with Gasteiger partial charge in [-0.05, 0) is 12.3 Å². The Balaban J connectivity index is 2.94. The van der Waals surface area contributed by atoms with Crippen molar-refractivity contribution in [1.29, 1.82) is 0 Å². The molecule has 0 saturated heterocycles. The van der Waals surface area contributed by atoms with Crippen molar-refractivity contribution >= 4 is 34.6 Å². The minimum atomic E-state index is 0.530. The van der Waals surface area contributed by atoms with Crippen LogP contribution in [0.25, 0.3) is 0 Å². The van der Waals surface area contributed by atoms with E-state index in [-0.39, 0.29) is 0 Å². The summed E-state index contributed by atoms with van der Waals surface area (Å²) in [5, 5.41) is 3.41. The lowest BCUT2D eigenvalue weighted by Crippen LogP contribution is -2.17. The van der Waals surface area contributed by atoms with Crippen LogP contribution in [0.15, 0.2) is 35.3 Å². The van der Waals surface area contributed by atoms with E-state index in [2.05, 4.69) is 18.1 Å². The fraction of sp³-hybridized carbons (Fsp3) is 0.111. The van der Waals surface area contributed by atoms with E-state index in [1.807, 2.05) is 11.6 Å². The van der Waals surface area contributed by atoms with E-state index in [0.29, 0.717) is 17.2 Å². The topological polar surface area (TPSA) is 33.2 Å². The van der Waals surface area contributed by atoms with Crippen LogP contribution in [0.2, 0.25) is 0 Å². The molecule has 0 aromatic carbocycles. The van der Waals surface area contributed by atoms with Crippen molar-refractivity contribution < 1.29 is 4.79 Å². The number of hydrogen-bond acceptors (Lipinski definition) is 4. The highest BCUT2D eigenvalue weighted by atomic mass is 32.2. The number of thiazole rings is 1. The molecule has 0 aliphatic heterocycles. The van der Waals surface area contributed by atoms with Crippen LogP contribution < -0.4 is 4.90 Å². The van der Waals surface area contributed by atoms with E-state index < -0.39 is 0 Å². The molecule has 1 amide bonds. The number of hydrogen-bond donors (Lipinski definition) is 0. The molecule has 1 aromatic heterocycles. The number of nitrogens with zero attached hydrogens (tertiary/aromatic N) is 2. The minimum Gasteiger partial charge on any atom is -0.278 e.